The zero-order chi connectivity index (χ0) is 13.9. The molecule has 0 atom stereocenters. The number of rotatable bonds is 3. The van der Waals surface area contributed by atoms with Gasteiger partial charge in [0, 0.05) is 6.54 Å². The van der Waals surface area contributed by atoms with Crippen LogP contribution >= 0.6 is 0 Å². The third-order valence-corrected chi connectivity index (χ3v) is 3.41. The van der Waals surface area contributed by atoms with Crippen LogP contribution in [-0.4, -0.2) is 9.97 Å². The van der Waals surface area contributed by atoms with Gasteiger partial charge >= 0.3 is 0 Å². The molecule has 100 valence electrons. The molecule has 3 rings (SSSR count). The highest BCUT2D eigenvalue weighted by molar-refractivity contribution is 5.75. The van der Waals surface area contributed by atoms with Gasteiger partial charge in [-0.2, -0.15) is 0 Å². The molecule has 0 radical (unpaired) electrons. The molecule has 0 fully saturated rings. The number of benzene rings is 2. The lowest BCUT2D eigenvalue weighted by molar-refractivity contribution is 1.08. The summed E-state index contributed by atoms with van der Waals surface area (Å²) in [5.41, 5.74) is 5.70. The van der Waals surface area contributed by atoms with E-state index in [-0.39, 0.29) is 0 Å². The molecule has 2 aromatic carbocycles. The van der Waals surface area contributed by atoms with Crippen molar-refractivity contribution >= 4 is 16.9 Å². The standard InChI is InChI=1S/C17H17N3/c1-12-7-8-14(13(2)9-12)10-19-17-11-18-15-5-3-4-6-16(15)20-17/h3-9,11H,10H2,1-2H3,(H,19,20). The molecule has 0 aliphatic rings. The summed E-state index contributed by atoms with van der Waals surface area (Å²) < 4.78 is 0. The lowest BCUT2D eigenvalue weighted by atomic mass is 10.1. The Morgan fingerprint density at radius 2 is 1.80 bits per heavy atom. The zero-order valence-corrected chi connectivity index (χ0v) is 11.7. The highest BCUT2D eigenvalue weighted by Crippen LogP contribution is 2.14. The molecule has 0 unspecified atom stereocenters. The highest BCUT2D eigenvalue weighted by atomic mass is 15.0. The van der Waals surface area contributed by atoms with Gasteiger partial charge < -0.3 is 5.32 Å². The number of anilines is 1. The van der Waals surface area contributed by atoms with E-state index in [1.807, 2.05) is 24.3 Å². The molecule has 0 spiro atoms. The average Bonchev–Trinajstić information content (AvgIpc) is 2.46. The van der Waals surface area contributed by atoms with Crippen LogP contribution in [0.5, 0.6) is 0 Å². The maximum atomic E-state index is 4.56. The molecule has 0 amide bonds. The van der Waals surface area contributed by atoms with Gasteiger partial charge in [-0.1, -0.05) is 35.9 Å². The summed E-state index contributed by atoms with van der Waals surface area (Å²) in [7, 11) is 0. The van der Waals surface area contributed by atoms with Crippen LogP contribution < -0.4 is 5.32 Å². The van der Waals surface area contributed by atoms with Gasteiger partial charge in [0.25, 0.3) is 0 Å². The first-order valence-electron chi connectivity index (χ1n) is 6.74. The first-order valence-corrected chi connectivity index (χ1v) is 6.74. The first kappa shape index (κ1) is 12.6. The van der Waals surface area contributed by atoms with Crippen molar-refractivity contribution in [3.05, 3.63) is 65.4 Å². The van der Waals surface area contributed by atoms with Crippen molar-refractivity contribution in [2.24, 2.45) is 0 Å². The predicted octanol–water partition coefficient (Wildman–Crippen LogP) is 3.86. The molecular formula is C17H17N3. The Kier molecular flexibility index (Phi) is 3.33. The fraction of sp³-hybridized carbons (Fsp3) is 0.176. The smallest absolute Gasteiger partial charge is 0.145 e. The molecule has 1 heterocycles. The summed E-state index contributed by atoms with van der Waals surface area (Å²) >= 11 is 0. The quantitative estimate of drug-likeness (QED) is 0.779. The Hall–Kier alpha value is -2.42. The van der Waals surface area contributed by atoms with E-state index >= 15 is 0 Å². The molecule has 1 N–H and O–H groups in total. The number of nitrogens with zero attached hydrogens (tertiary/aromatic N) is 2. The summed E-state index contributed by atoms with van der Waals surface area (Å²) in [6, 6.07) is 14.4. The third-order valence-electron chi connectivity index (χ3n) is 3.41. The predicted molar refractivity (Wildman–Crippen MR) is 82.8 cm³/mol. The van der Waals surface area contributed by atoms with E-state index < -0.39 is 0 Å². The summed E-state index contributed by atoms with van der Waals surface area (Å²) in [6.45, 7) is 5.01. The Morgan fingerprint density at radius 3 is 2.60 bits per heavy atom. The third kappa shape index (κ3) is 2.62. The van der Waals surface area contributed by atoms with E-state index in [4.69, 9.17) is 0 Å². The minimum Gasteiger partial charge on any atom is -0.365 e. The summed E-state index contributed by atoms with van der Waals surface area (Å²) in [5, 5.41) is 3.34. The first-order chi connectivity index (χ1) is 9.72. The Bertz CT molecular complexity index is 750. The molecule has 3 aromatic rings. The maximum absolute atomic E-state index is 4.56. The fourth-order valence-electron chi connectivity index (χ4n) is 2.27. The molecule has 0 bridgehead atoms. The molecule has 3 heteroatoms. The van der Waals surface area contributed by atoms with Gasteiger partial charge in [0.15, 0.2) is 0 Å². The topological polar surface area (TPSA) is 37.8 Å². The number of aryl methyl sites for hydroxylation is 2. The van der Waals surface area contributed by atoms with Crippen LogP contribution in [-0.2, 0) is 6.54 Å². The number of nitrogens with one attached hydrogen (secondary N) is 1. The van der Waals surface area contributed by atoms with Gasteiger partial charge in [-0.05, 0) is 37.1 Å². The summed E-state index contributed by atoms with van der Waals surface area (Å²) in [4.78, 5) is 8.97. The minimum absolute atomic E-state index is 0.763. The van der Waals surface area contributed by atoms with E-state index in [1.165, 1.54) is 16.7 Å². The van der Waals surface area contributed by atoms with Crippen molar-refractivity contribution in [1.29, 1.82) is 0 Å². The SMILES string of the molecule is Cc1ccc(CNc2cnc3ccccc3n2)c(C)c1. The van der Waals surface area contributed by atoms with Crippen molar-refractivity contribution in [2.45, 2.75) is 20.4 Å². The van der Waals surface area contributed by atoms with Gasteiger partial charge in [0.1, 0.15) is 5.82 Å². The number of hydrogen-bond acceptors (Lipinski definition) is 3. The molecule has 0 aliphatic carbocycles. The normalized spacial score (nSPS) is 10.7. The second-order valence-electron chi connectivity index (χ2n) is 5.03. The van der Waals surface area contributed by atoms with Crippen molar-refractivity contribution in [3.63, 3.8) is 0 Å². The number of fused-ring (bicyclic) bond motifs is 1. The molecule has 3 nitrogen and oxygen atoms in total. The fourth-order valence-corrected chi connectivity index (χ4v) is 2.27. The molecule has 0 aliphatic heterocycles. The lowest BCUT2D eigenvalue weighted by Crippen LogP contribution is -2.03. The van der Waals surface area contributed by atoms with Crippen molar-refractivity contribution in [1.82, 2.24) is 9.97 Å². The Morgan fingerprint density at radius 1 is 1.00 bits per heavy atom. The molecule has 20 heavy (non-hydrogen) atoms. The van der Waals surface area contributed by atoms with E-state index in [0.29, 0.717) is 0 Å². The second kappa shape index (κ2) is 5.29. The zero-order valence-electron chi connectivity index (χ0n) is 11.7. The van der Waals surface area contributed by atoms with E-state index in [2.05, 4.69) is 47.3 Å². The van der Waals surface area contributed by atoms with Crippen LogP contribution in [0.25, 0.3) is 11.0 Å². The minimum atomic E-state index is 0.763. The number of hydrogen-bond donors (Lipinski definition) is 1. The second-order valence-corrected chi connectivity index (χ2v) is 5.03. The van der Waals surface area contributed by atoms with Gasteiger partial charge in [0.2, 0.25) is 0 Å². The largest absolute Gasteiger partial charge is 0.365 e. The molecule has 1 aromatic heterocycles. The number of aromatic nitrogens is 2. The molecule has 0 saturated carbocycles. The van der Waals surface area contributed by atoms with Gasteiger partial charge in [-0.3, -0.25) is 4.98 Å². The van der Waals surface area contributed by atoms with Gasteiger partial charge in [-0.25, -0.2) is 4.98 Å². The van der Waals surface area contributed by atoms with Crippen LogP contribution in [0, 0.1) is 13.8 Å². The monoisotopic (exact) mass is 263 g/mol. The van der Waals surface area contributed by atoms with Gasteiger partial charge in [0.05, 0.1) is 17.2 Å². The van der Waals surface area contributed by atoms with Crippen molar-refractivity contribution in [2.75, 3.05) is 5.32 Å². The Balaban J connectivity index is 1.79. The van der Waals surface area contributed by atoms with E-state index in [1.54, 1.807) is 6.20 Å². The lowest BCUT2D eigenvalue weighted by Gasteiger charge is -2.09. The van der Waals surface area contributed by atoms with Crippen LogP contribution in [0.3, 0.4) is 0 Å². The van der Waals surface area contributed by atoms with Gasteiger partial charge in [-0.15, -0.1) is 0 Å². The van der Waals surface area contributed by atoms with Crippen molar-refractivity contribution in [3.8, 4) is 0 Å². The number of para-hydroxylation sites is 2. The van der Waals surface area contributed by atoms with Crippen LogP contribution in [0.1, 0.15) is 16.7 Å². The molecular weight excluding hydrogens is 246 g/mol. The van der Waals surface area contributed by atoms with Crippen LogP contribution in [0.15, 0.2) is 48.7 Å². The van der Waals surface area contributed by atoms with Crippen LogP contribution in [0.2, 0.25) is 0 Å². The highest BCUT2D eigenvalue weighted by Gasteiger charge is 2.01. The Labute approximate surface area is 118 Å². The molecule has 0 saturated heterocycles. The van der Waals surface area contributed by atoms with E-state index in [9.17, 15) is 0 Å². The van der Waals surface area contributed by atoms with Crippen LogP contribution in [0.4, 0.5) is 5.82 Å². The van der Waals surface area contributed by atoms with Crippen molar-refractivity contribution < 1.29 is 0 Å². The average molecular weight is 263 g/mol. The maximum Gasteiger partial charge on any atom is 0.145 e. The summed E-state index contributed by atoms with van der Waals surface area (Å²) in [5.74, 6) is 0.809. The summed E-state index contributed by atoms with van der Waals surface area (Å²) in [6.07, 6.45) is 1.78. The van der Waals surface area contributed by atoms with E-state index in [0.717, 1.165) is 23.4 Å².